The molecule has 0 saturated heterocycles. The normalized spacial score (nSPS) is 50.2. The number of rotatable bonds is 2. The standard InChI is InChI=1S/C25H37NO3/c1-14(2)17-9-11-25(24(27)28)12-10-21-20-5-3-15-13-16(26-29)4-6-18(15)19(20)7-8-22(21)23(17)25/h15,17-23,29H,1,3-13H2,2H3,(H,27,28)/b26-16-/t15-,17+,18+,19-,20-,21+,22+,23+,25+/m1/s1. The Morgan fingerprint density at radius 3 is 2.34 bits per heavy atom. The van der Waals surface area contributed by atoms with Crippen molar-refractivity contribution in [3.63, 3.8) is 0 Å². The summed E-state index contributed by atoms with van der Waals surface area (Å²) in [5, 5.41) is 23.0. The average Bonchev–Trinajstić information content (AvgIpc) is 3.14. The smallest absolute Gasteiger partial charge is 0.309 e. The Morgan fingerprint density at radius 1 is 0.966 bits per heavy atom. The number of aliphatic carboxylic acids is 1. The number of carboxylic acids is 1. The van der Waals surface area contributed by atoms with Crippen molar-refractivity contribution >= 4 is 11.7 Å². The first-order chi connectivity index (χ1) is 14.0. The Bertz CT molecular complexity index is 730. The van der Waals surface area contributed by atoms with Gasteiger partial charge in [-0.2, -0.15) is 0 Å². The number of fused-ring (bicyclic) bond motifs is 7. The molecule has 5 fully saturated rings. The van der Waals surface area contributed by atoms with Gasteiger partial charge >= 0.3 is 5.97 Å². The first-order valence-electron chi connectivity index (χ1n) is 12.0. The second-order valence-corrected chi connectivity index (χ2v) is 11.2. The van der Waals surface area contributed by atoms with E-state index in [9.17, 15) is 15.1 Å². The highest BCUT2D eigenvalue weighted by atomic mass is 16.4. The van der Waals surface area contributed by atoms with Gasteiger partial charge in [0.25, 0.3) is 0 Å². The highest BCUT2D eigenvalue weighted by Crippen LogP contribution is 2.66. The van der Waals surface area contributed by atoms with E-state index in [0.29, 0.717) is 23.7 Å². The minimum atomic E-state index is -0.529. The number of hydrogen-bond donors (Lipinski definition) is 2. The Hall–Kier alpha value is -1.32. The molecule has 5 rings (SSSR count). The van der Waals surface area contributed by atoms with Gasteiger partial charge in [-0.3, -0.25) is 4.79 Å². The van der Waals surface area contributed by atoms with Crippen molar-refractivity contribution < 1.29 is 15.1 Å². The quantitative estimate of drug-likeness (QED) is 0.353. The van der Waals surface area contributed by atoms with E-state index in [-0.39, 0.29) is 0 Å². The maximum absolute atomic E-state index is 12.5. The number of oxime groups is 1. The van der Waals surface area contributed by atoms with E-state index in [1.165, 1.54) is 37.7 Å². The molecule has 5 aliphatic carbocycles. The van der Waals surface area contributed by atoms with Crippen molar-refractivity contribution in [2.24, 2.45) is 57.9 Å². The van der Waals surface area contributed by atoms with Crippen LogP contribution in [0.1, 0.15) is 77.6 Å². The molecule has 4 nitrogen and oxygen atoms in total. The van der Waals surface area contributed by atoms with Gasteiger partial charge in [-0.05, 0) is 125 Å². The third-order valence-corrected chi connectivity index (χ3v) is 10.3. The summed E-state index contributed by atoms with van der Waals surface area (Å²) >= 11 is 0. The molecule has 0 aromatic heterocycles. The Labute approximate surface area is 174 Å². The third kappa shape index (κ3) is 2.84. The average molecular weight is 400 g/mol. The van der Waals surface area contributed by atoms with E-state index in [2.05, 4.69) is 18.7 Å². The van der Waals surface area contributed by atoms with Gasteiger partial charge in [0.1, 0.15) is 0 Å². The summed E-state index contributed by atoms with van der Waals surface area (Å²) in [5.74, 6) is 4.62. The van der Waals surface area contributed by atoms with Crippen LogP contribution in [-0.4, -0.2) is 22.0 Å². The van der Waals surface area contributed by atoms with E-state index in [1.54, 1.807) is 0 Å². The van der Waals surface area contributed by atoms with Gasteiger partial charge in [0.2, 0.25) is 0 Å². The summed E-state index contributed by atoms with van der Waals surface area (Å²) in [6, 6.07) is 0. The number of hydrogen-bond acceptors (Lipinski definition) is 3. The summed E-state index contributed by atoms with van der Waals surface area (Å²) in [6.45, 7) is 6.41. The van der Waals surface area contributed by atoms with Gasteiger partial charge in [0.15, 0.2) is 0 Å². The molecule has 5 aliphatic rings. The number of carbonyl (C=O) groups is 1. The van der Waals surface area contributed by atoms with Gasteiger partial charge in [-0.1, -0.05) is 17.3 Å². The lowest BCUT2D eigenvalue weighted by atomic mass is 9.46. The first-order valence-corrected chi connectivity index (χ1v) is 12.0. The maximum Gasteiger partial charge on any atom is 0.309 e. The van der Waals surface area contributed by atoms with Gasteiger partial charge in [-0.15, -0.1) is 0 Å². The fourth-order valence-electron chi connectivity index (χ4n) is 9.26. The largest absolute Gasteiger partial charge is 0.481 e. The highest BCUT2D eigenvalue weighted by molar-refractivity contribution is 5.84. The Balaban J connectivity index is 1.41. The zero-order valence-corrected chi connectivity index (χ0v) is 17.9. The summed E-state index contributed by atoms with van der Waals surface area (Å²) in [7, 11) is 0. The summed E-state index contributed by atoms with van der Waals surface area (Å²) in [4.78, 5) is 12.5. The molecule has 2 N–H and O–H groups in total. The molecule has 0 unspecified atom stereocenters. The molecular weight excluding hydrogens is 362 g/mol. The zero-order chi connectivity index (χ0) is 20.3. The van der Waals surface area contributed by atoms with Crippen LogP contribution in [-0.2, 0) is 4.79 Å². The van der Waals surface area contributed by atoms with Crippen molar-refractivity contribution in [1.82, 2.24) is 0 Å². The monoisotopic (exact) mass is 399 g/mol. The van der Waals surface area contributed by atoms with E-state index >= 15 is 0 Å². The first kappa shape index (κ1) is 19.6. The molecule has 0 aromatic carbocycles. The van der Waals surface area contributed by atoms with E-state index in [0.717, 1.165) is 67.9 Å². The minimum absolute atomic E-state index is 0.314. The molecule has 0 radical (unpaired) electrons. The Morgan fingerprint density at radius 2 is 1.62 bits per heavy atom. The van der Waals surface area contributed by atoms with Crippen molar-refractivity contribution in [1.29, 1.82) is 0 Å². The molecule has 9 atom stereocenters. The molecule has 0 spiro atoms. The molecule has 0 amide bonds. The van der Waals surface area contributed by atoms with Gasteiger partial charge in [-0.25, -0.2) is 0 Å². The number of nitrogens with zero attached hydrogens (tertiary/aromatic N) is 1. The molecule has 160 valence electrons. The van der Waals surface area contributed by atoms with Crippen LogP contribution in [0, 0.1) is 52.8 Å². The minimum Gasteiger partial charge on any atom is -0.481 e. The summed E-state index contributed by atoms with van der Waals surface area (Å²) in [5.41, 5.74) is 1.75. The molecule has 0 bridgehead atoms. The summed E-state index contributed by atoms with van der Waals surface area (Å²) in [6.07, 6.45) is 12.1. The number of allylic oxidation sites excluding steroid dienone is 1. The third-order valence-electron chi connectivity index (χ3n) is 10.3. The molecule has 4 heteroatoms. The second kappa shape index (κ2) is 7.13. The molecule has 0 aliphatic heterocycles. The van der Waals surface area contributed by atoms with Crippen molar-refractivity contribution in [3.8, 4) is 0 Å². The lowest BCUT2D eigenvalue weighted by Crippen LogP contribution is -2.53. The van der Waals surface area contributed by atoms with Crippen LogP contribution in [0.5, 0.6) is 0 Å². The topological polar surface area (TPSA) is 69.9 Å². The van der Waals surface area contributed by atoms with Crippen LogP contribution in [0.25, 0.3) is 0 Å². The predicted molar refractivity (Wildman–Crippen MR) is 113 cm³/mol. The van der Waals surface area contributed by atoms with Crippen LogP contribution < -0.4 is 0 Å². The van der Waals surface area contributed by atoms with Crippen LogP contribution in [0.15, 0.2) is 17.3 Å². The molecule has 29 heavy (non-hydrogen) atoms. The number of carboxylic acid groups (broad SMARTS) is 1. The molecule has 5 saturated carbocycles. The SMILES string of the molecule is C=C(C)[C@@H]1CC[C@]2(C(=O)O)CC[C@H]3[C@@H]4CC[C@@H]5C/C(=N\O)CC[C@@H]5[C@H]4CC[C@@H]3[C@H]12. The van der Waals surface area contributed by atoms with Crippen molar-refractivity contribution in [2.75, 3.05) is 0 Å². The van der Waals surface area contributed by atoms with Crippen LogP contribution in [0.4, 0.5) is 0 Å². The van der Waals surface area contributed by atoms with Crippen LogP contribution in [0.2, 0.25) is 0 Å². The van der Waals surface area contributed by atoms with Gasteiger partial charge in [0, 0.05) is 0 Å². The maximum atomic E-state index is 12.5. The van der Waals surface area contributed by atoms with Crippen molar-refractivity contribution in [3.05, 3.63) is 12.2 Å². The summed E-state index contributed by atoms with van der Waals surface area (Å²) < 4.78 is 0. The van der Waals surface area contributed by atoms with E-state index in [4.69, 9.17) is 0 Å². The van der Waals surface area contributed by atoms with E-state index in [1.807, 2.05) is 0 Å². The van der Waals surface area contributed by atoms with Crippen molar-refractivity contribution in [2.45, 2.75) is 77.6 Å². The van der Waals surface area contributed by atoms with E-state index < -0.39 is 11.4 Å². The fraction of sp³-hybridized carbons (Fsp3) is 0.840. The predicted octanol–water partition coefficient (Wildman–Crippen LogP) is 5.75. The van der Waals surface area contributed by atoms with Crippen LogP contribution >= 0.6 is 0 Å². The second-order valence-electron chi connectivity index (χ2n) is 11.2. The Kier molecular flexibility index (Phi) is 4.83. The van der Waals surface area contributed by atoms with Gasteiger partial charge < -0.3 is 10.3 Å². The molecule has 0 heterocycles. The lowest BCUT2D eigenvalue weighted by molar-refractivity contribution is -0.163. The lowest BCUT2D eigenvalue weighted by Gasteiger charge is -2.58. The zero-order valence-electron chi connectivity index (χ0n) is 17.9. The fourth-order valence-corrected chi connectivity index (χ4v) is 9.26. The molecule has 0 aromatic rings. The highest BCUT2D eigenvalue weighted by Gasteiger charge is 2.62. The van der Waals surface area contributed by atoms with Crippen LogP contribution in [0.3, 0.4) is 0 Å². The molecular formula is C25H37NO3. The van der Waals surface area contributed by atoms with Gasteiger partial charge in [0.05, 0.1) is 11.1 Å².